The van der Waals surface area contributed by atoms with Crippen molar-refractivity contribution in [1.29, 1.82) is 0 Å². The number of para-hydroxylation sites is 2. The SMILES string of the molecule is Cc1cccc(C)c1N=CN(O)c1ccccc1. The van der Waals surface area contributed by atoms with Crippen LogP contribution in [-0.2, 0) is 0 Å². The molecule has 0 fully saturated rings. The van der Waals surface area contributed by atoms with E-state index >= 15 is 0 Å². The van der Waals surface area contributed by atoms with Gasteiger partial charge in [0.05, 0.1) is 11.4 Å². The first-order valence-electron chi connectivity index (χ1n) is 5.82. The van der Waals surface area contributed by atoms with E-state index in [1.165, 1.54) is 6.34 Å². The third-order valence-corrected chi connectivity index (χ3v) is 2.76. The number of nitrogens with zero attached hydrogens (tertiary/aromatic N) is 2. The molecule has 0 saturated heterocycles. The maximum absolute atomic E-state index is 9.85. The average Bonchev–Trinajstić information content (AvgIpc) is 2.39. The lowest BCUT2D eigenvalue weighted by atomic mass is 10.1. The Bertz CT molecular complexity index is 529. The van der Waals surface area contributed by atoms with Crippen molar-refractivity contribution in [1.82, 2.24) is 0 Å². The Labute approximate surface area is 107 Å². The van der Waals surface area contributed by atoms with Crippen LogP contribution in [0.1, 0.15) is 11.1 Å². The zero-order chi connectivity index (χ0) is 13.0. The molecule has 0 atom stereocenters. The van der Waals surface area contributed by atoms with Crippen molar-refractivity contribution < 1.29 is 5.21 Å². The van der Waals surface area contributed by atoms with Crippen LogP contribution in [0.25, 0.3) is 0 Å². The largest absolute Gasteiger partial charge is 0.283 e. The Morgan fingerprint density at radius 1 is 0.944 bits per heavy atom. The second-order valence-corrected chi connectivity index (χ2v) is 4.17. The maximum Gasteiger partial charge on any atom is 0.122 e. The number of anilines is 1. The van der Waals surface area contributed by atoms with Crippen LogP contribution >= 0.6 is 0 Å². The highest BCUT2D eigenvalue weighted by Gasteiger charge is 2.01. The van der Waals surface area contributed by atoms with Gasteiger partial charge in [0.2, 0.25) is 0 Å². The van der Waals surface area contributed by atoms with Crippen LogP contribution in [0.4, 0.5) is 11.4 Å². The highest BCUT2D eigenvalue weighted by atomic mass is 16.5. The first-order valence-corrected chi connectivity index (χ1v) is 5.82. The van der Waals surface area contributed by atoms with E-state index in [0.717, 1.165) is 21.9 Å². The van der Waals surface area contributed by atoms with Gasteiger partial charge in [0.15, 0.2) is 0 Å². The molecule has 0 aliphatic heterocycles. The molecule has 0 aliphatic rings. The quantitative estimate of drug-likeness (QED) is 0.502. The summed E-state index contributed by atoms with van der Waals surface area (Å²) in [6, 6.07) is 15.3. The Kier molecular flexibility index (Phi) is 3.75. The van der Waals surface area contributed by atoms with Gasteiger partial charge in [0.1, 0.15) is 6.34 Å². The first-order chi connectivity index (χ1) is 8.68. The van der Waals surface area contributed by atoms with E-state index in [9.17, 15) is 5.21 Å². The van der Waals surface area contributed by atoms with E-state index in [1.54, 1.807) is 0 Å². The van der Waals surface area contributed by atoms with Gasteiger partial charge in [0.25, 0.3) is 0 Å². The molecule has 18 heavy (non-hydrogen) atoms. The summed E-state index contributed by atoms with van der Waals surface area (Å²) in [6.45, 7) is 4.01. The van der Waals surface area contributed by atoms with E-state index in [2.05, 4.69) is 4.99 Å². The molecule has 2 aromatic carbocycles. The molecule has 0 saturated carbocycles. The minimum Gasteiger partial charge on any atom is -0.283 e. The van der Waals surface area contributed by atoms with Gasteiger partial charge in [-0.1, -0.05) is 36.4 Å². The van der Waals surface area contributed by atoms with Gasteiger partial charge in [-0.2, -0.15) is 0 Å². The van der Waals surface area contributed by atoms with Crippen LogP contribution in [0.3, 0.4) is 0 Å². The number of hydrogen-bond acceptors (Lipinski definition) is 2. The molecule has 0 bridgehead atoms. The zero-order valence-corrected chi connectivity index (χ0v) is 10.5. The summed E-state index contributed by atoms with van der Waals surface area (Å²) in [5.41, 5.74) is 3.76. The van der Waals surface area contributed by atoms with Gasteiger partial charge < -0.3 is 0 Å². The predicted molar refractivity (Wildman–Crippen MR) is 74.8 cm³/mol. The third kappa shape index (κ3) is 2.76. The summed E-state index contributed by atoms with van der Waals surface area (Å²) in [6.07, 6.45) is 1.42. The summed E-state index contributed by atoms with van der Waals surface area (Å²) in [5.74, 6) is 0. The minimum absolute atomic E-state index is 0.687. The second kappa shape index (κ2) is 5.47. The van der Waals surface area contributed by atoms with Crippen LogP contribution < -0.4 is 5.06 Å². The normalized spacial score (nSPS) is 10.8. The molecule has 0 spiro atoms. The molecule has 3 nitrogen and oxygen atoms in total. The second-order valence-electron chi connectivity index (χ2n) is 4.17. The standard InChI is InChI=1S/C15H16N2O/c1-12-7-6-8-13(2)15(12)16-11-17(18)14-9-4-3-5-10-14/h3-11,18H,1-2H3. The van der Waals surface area contributed by atoms with Gasteiger partial charge in [-0.05, 0) is 37.1 Å². The zero-order valence-electron chi connectivity index (χ0n) is 10.5. The van der Waals surface area contributed by atoms with Crippen molar-refractivity contribution in [2.45, 2.75) is 13.8 Å². The molecule has 0 radical (unpaired) electrons. The van der Waals surface area contributed by atoms with Crippen molar-refractivity contribution in [3.8, 4) is 0 Å². The van der Waals surface area contributed by atoms with E-state index < -0.39 is 0 Å². The van der Waals surface area contributed by atoms with Crippen molar-refractivity contribution in [2.75, 3.05) is 5.06 Å². The van der Waals surface area contributed by atoms with E-state index in [-0.39, 0.29) is 0 Å². The van der Waals surface area contributed by atoms with Crippen molar-refractivity contribution in [3.63, 3.8) is 0 Å². The van der Waals surface area contributed by atoms with E-state index in [4.69, 9.17) is 0 Å². The van der Waals surface area contributed by atoms with Gasteiger partial charge in [0, 0.05) is 0 Å². The van der Waals surface area contributed by atoms with Crippen molar-refractivity contribution >= 4 is 17.7 Å². The summed E-state index contributed by atoms with van der Waals surface area (Å²) >= 11 is 0. The van der Waals surface area contributed by atoms with Crippen LogP contribution in [0.2, 0.25) is 0 Å². The van der Waals surface area contributed by atoms with Crippen LogP contribution in [-0.4, -0.2) is 11.5 Å². The maximum atomic E-state index is 9.85. The molecule has 2 rings (SSSR count). The number of benzene rings is 2. The van der Waals surface area contributed by atoms with Gasteiger partial charge in [-0.15, -0.1) is 0 Å². The Hall–Kier alpha value is -2.13. The van der Waals surface area contributed by atoms with Crippen LogP contribution in [0.5, 0.6) is 0 Å². The van der Waals surface area contributed by atoms with Gasteiger partial charge >= 0.3 is 0 Å². The molecule has 0 aromatic heterocycles. The molecule has 0 heterocycles. The van der Waals surface area contributed by atoms with Gasteiger partial charge in [-0.25, -0.2) is 10.1 Å². The Morgan fingerprint density at radius 3 is 2.17 bits per heavy atom. The van der Waals surface area contributed by atoms with Gasteiger partial charge in [-0.3, -0.25) is 5.21 Å². The van der Waals surface area contributed by atoms with Crippen LogP contribution in [0.15, 0.2) is 53.5 Å². The summed E-state index contributed by atoms with van der Waals surface area (Å²) in [4.78, 5) is 4.33. The summed E-state index contributed by atoms with van der Waals surface area (Å²) in [5, 5.41) is 10.9. The lowest BCUT2D eigenvalue weighted by Crippen LogP contribution is -2.14. The first kappa shape index (κ1) is 12.3. The number of aliphatic imine (C=N–C) groups is 1. The molecule has 0 aliphatic carbocycles. The molecule has 0 unspecified atom stereocenters. The third-order valence-electron chi connectivity index (χ3n) is 2.76. The fourth-order valence-electron chi connectivity index (χ4n) is 1.77. The fourth-order valence-corrected chi connectivity index (χ4v) is 1.77. The van der Waals surface area contributed by atoms with E-state index in [0.29, 0.717) is 5.69 Å². The summed E-state index contributed by atoms with van der Waals surface area (Å²) < 4.78 is 0. The molecule has 2 aromatic rings. The number of rotatable bonds is 3. The minimum atomic E-state index is 0.687. The van der Waals surface area contributed by atoms with Crippen LogP contribution in [0, 0.1) is 13.8 Å². The van der Waals surface area contributed by atoms with E-state index in [1.807, 2.05) is 62.4 Å². The lowest BCUT2D eigenvalue weighted by Gasteiger charge is -2.11. The lowest BCUT2D eigenvalue weighted by molar-refractivity contribution is 0.317. The summed E-state index contributed by atoms with van der Waals surface area (Å²) in [7, 11) is 0. The van der Waals surface area contributed by atoms with Crippen molar-refractivity contribution in [3.05, 3.63) is 59.7 Å². The highest BCUT2D eigenvalue weighted by molar-refractivity contribution is 5.79. The number of aryl methyl sites for hydroxylation is 2. The molecular formula is C15H16N2O. The predicted octanol–water partition coefficient (Wildman–Crippen LogP) is 3.86. The molecule has 1 N–H and O–H groups in total. The monoisotopic (exact) mass is 240 g/mol. The molecular weight excluding hydrogens is 224 g/mol. The fraction of sp³-hybridized carbons (Fsp3) is 0.133. The Balaban J connectivity index is 2.21. The molecule has 3 heteroatoms. The topological polar surface area (TPSA) is 35.8 Å². The number of hydroxylamine groups is 1. The average molecular weight is 240 g/mol. The molecule has 92 valence electrons. The van der Waals surface area contributed by atoms with Crippen molar-refractivity contribution in [2.24, 2.45) is 4.99 Å². The molecule has 0 amide bonds. The number of hydrogen-bond donors (Lipinski definition) is 1. The Morgan fingerprint density at radius 2 is 1.56 bits per heavy atom. The smallest absolute Gasteiger partial charge is 0.122 e. The highest BCUT2D eigenvalue weighted by Crippen LogP contribution is 2.22.